The van der Waals surface area contributed by atoms with E-state index in [0.29, 0.717) is 0 Å². The summed E-state index contributed by atoms with van der Waals surface area (Å²) >= 11 is 1.91. The zero-order valence-corrected chi connectivity index (χ0v) is 10.5. The average molecular weight is 220 g/mol. The molecule has 0 saturated carbocycles. The van der Waals surface area contributed by atoms with E-state index in [1.165, 1.54) is 33.6 Å². The quantitative estimate of drug-likeness (QED) is 0.696. The zero-order chi connectivity index (χ0) is 10.8. The van der Waals surface area contributed by atoms with Crippen LogP contribution in [0.5, 0.6) is 0 Å². The summed E-state index contributed by atoms with van der Waals surface area (Å²) in [5.41, 5.74) is 2.75. The van der Waals surface area contributed by atoms with Gasteiger partial charge in [0.05, 0.1) is 0 Å². The Bertz CT molecular complexity index is 471. The van der Waals surface area contributed by atoms with Gasteiger partial charge in [0.2, 0.25) is 10.5 Å². The molecule has 1 heterocycles. The van der Waals surface area contributed by atoms with Crippen LogP contribution in [-0.4, -0.2) is 0 Å². The van der Waals surface area contributed by atoms with Crippen LogP contribution in [-0.2, 0) is 6.54 Å². The molecule has 0 radical (unpaired) electrons. The fourth-order valence-corrected chi connectivity index (χ4v) is 3.05. The maximum Gasteiger partial charge on any atom is 0.235 e. The molecule has 0 aliphatic carbocycles. The Morgan fingerprint density at radius 1 is 1.27 bits per heavy atom. The average Bonchev–Trinajstić information content (AvgIpc) is 2.50. The van der Waals surface area contributed by atoms with Crippen molar-refractivity contribution < 1.29 is 4.57 Å². The lowest BCUT2D eigenvalue weighted by Crippen LogP contribution is -2.34. The van der Waals surface area contributed by atoms with E-state index in [9.17, 15) is 0 Å². The Labute approximate surface area is 95.4 Å². The summed E-state index contributed by atoms with van der Waals surface area (Å²) in [6, 6.07) is 6.75. The highest BCUT2D eigenvalue weighted by Gasteiger charge is 2.15. The fourth-order valence-electron chi connectivity index (χ4n) is 1.90. The van der Waals surface area contributed by atoms with Gasteiger partial charge in [0, 0.05) is 19.4 Å². The minimum atomic E-state index is 1.16. The minimum absolute atomic E-state index is 1.16. The molecule has 2 aromatic rings. The molecule has 1 aromatic carbocycles. The van der Waals surface area contributed by atoms with Gasteiger partial charge < -0.3 is 0 Å². The Balaban J connectivity index is 2.48. The molecule has 0 saturated heterocycles. The van der Waals surface area contributed by atoms with E-state index in [1.54, 1.807) is 0 Å². The van der Waals surface area contributed by atoms with Crippen molar-refractivity contribution in [3.05, 3.63) is 28.8 Å². The van der Waals surface area contributed by atoms with Crippen molar-refractivity contribution in [1.82, 2.24) is 0 Å². The molecule has 80 valence electrons. The summed E-state index contributed by atoms with van der Waals surface area (Å²) in [6.45, 7) is 7.78. The summed E-state index contributed by atoms with van der Waals surface area (Å²) in [7, 11) is 0. The molecule has 15 heavy (non-hydrogen) atoms. The van der Waals surface area contributed by atoms with Crippen LogP contribution < -0.4 is 4.57 Å². The van der Waals surface area contributed by atoms with Crippen LogP contribution in [0.25, 0.3) is 10.2 Å². The first-order chi connectivity index (χ1) is 7.22. The molecular formula is C13H18NS+. The number of hydrogen-bond acceptors (Lipinski definition) is 1. The van der Waals surface area contributed by atoms with Gasteiger partial charge in [-0.05, 0) is 18.6 Å². The number of hydrogen-bond donors (Lipinski definition) is 0. The molecule has 0 atom stereocenters. The second-order valence-electron chi connectivity index (χ2n) is 4.10. The van der Waals surface area contributed by atoms with Crippen LogP contribution in [0, 0.1) is 13.8 Å². The molecule has 0 spiro atoms. The lowest BCUT2D eigenvalue weighted by atomic mass is 10.2. The third kappa shape index (κ3) is 2.05. The van der Waals surface area contributed by atoms with E-state index < -0.39 is 0 Å². The first kappa shape index (κ1) is 10.6. The van der Waals surface area contributed by atoms with Crippen molar-refractivity contribution in [2.75, 3.05) is 0 Å². The molecule has 0 bridgehead atoms. The van der Waals surface area contributed by atoms with Crippen molar-refractivity contribution >= 4 is 21.6 Å². The van der Waals surface area contributed by atoms with E-state index in [4.69, 9.17) is 0 Å². The molecule has 1 aromatic heterocycles. The summed E-state index contributed by atoms with van der Waals surface area (Å²) in [4.78, 5) is 0. The third-order valence-electron chi connectivity index (χ3n) is 2.78. The van der Waals surface area contributed by atoms with E-state index in [0.717, 1.165) is 6.54 Å². The van der Waals surface area contributed by atoms with Gasteiger partial charge in [0.15, 0.2) is 0 Å². The van der Waals surface area contributed by atoms with Crippen molar-refractivity contribution in [2.24, 2.45) is 0 Å². The Hall–Kier alpha value is -0.890. The number of unbranched alkanes of at least 4 members (excludes halogenated alkanes) is 1. The molecule has 0 aliphatic heterocycles. The maximum atomic E-state index is 2.45. The van der Waals surface area contributed by atoms with E-state index >= 15 is 0 Å². The zero-order valence-electron chi connectivity index (χ0n) is 9.71. The normalized spacial score (nSPS) is 11.1. The van der Waals surface area contributed by atoms with Gasteiger partial charge >= 0.3 is 0 Å². The second-order valence-corrected chi connectivity index (χ2v) is 5.33. The lowest BCUT2D eigenvalue weighted by molar-refractivity contribution is -0.673. The van der Waals surface area contributed by atoms with Crippen molar-refractivity contribution in [2.45, 2.75) is 40.2 Å². The van der Waals surface area contributed by atoms with Crippen molar-refractivity contribution in [1.29, 1.82) is 0 Å². The molecule has 0 aliphatic rings. The summed E-state index contributed by atoms with van der Waals surface area (Å²) < 4.78 is 3.87. The van der Waals surface area contributed by atoms with Gasteiger partial charge in [-0.2, -0.15) is 4.57 Å². The number of nitrogens with zero attached hydrogens (tertiary/aromatic N) is 1. The standard InChI is InChI=1S/C13H18NS/c1-4-5-8-14-11(3)15-13-9-10(2)6-7-12(13)14/h6-7,9H,4-5,8H2,1-3H3/q+1. The molecule has 0 unspecified atom stereocenters. The molecule has 0 fully saturated rings. The molecule has 0 amide bonds. The van der Waals surface area contributed by atoms with Gasteiger partial charge in [-0.15, -0.1) is 0 Å². The fraction of sp³-hybridized carbons (Fsp3) is 0.462. The van der Waals surface area contributed by atoms with Gasteiger partial charge in [-0.3, -0.25) is 0 Å². The lowest BCUT2D eigenvalue weighted by Gasteiger charge is -1.95. The van der Waals surface area contributed by atoms with E-state index in [1.807, 2.05) is 11.3 Å². The Morgan fingerprint density at radius 3 is 2.80 bits per heavy atom. The number of benzene rings is 1. The largest absolute Gasteiger partial charge is 0.235 e. The Morgan fingerprint density at radius 2 is 2.07 bits per heavy atom. The van der Waals surface area contributed by atoms with E-state index in [2.05, 4.69) is 43.5 Å². The minimum Gasteiger partial charge on any atom is -0.186 e. The van der Waals surface area contributed by atoms with Gasteiger partial charge in [0.25, 0.3) is 0 Å². The predicted molar refractivity (Wildman–Crippen MR) is 66.4 cm³/mol. The number of aromatic nitrogens is 1. The summed E-state index contributed by atoms with van der Waals surface area (Å²) in [5, 5.41) is 1.42. The van der Waals surface area contributed by atoms with Crippen LogP contribution in [0.3, 0.4) is 0 Å². The van der Waals surface area contributed by atoms with Crippen LogP contribution in [0.15, 0.2) is 18.2 Å². The van der Waals surface area contributed by atoms with Crippen molar-refractivity contribution in [3.63, 3.8) is 0 Å². The van der Waals surface area contributed by atoms with Crippen LogP contribution in [0.4, 0.5) is 0 Å². The van der Waals surface area contributed by atoms with Crippen LogP contribution in [0.1, 0.15) is 30.3 Å². The summed E-state index contributed by atoms with van der Waals surface area (Å²) in [6.07, 6.45) is 2.53. The monoisotopic (exact) mass is 220 g/mol. The van der Waals surface area contributed by atoms with Gasteiger partial charge in [-0.1, -0.05) is 30.7 Å². The van der Waals surface area contributed by atoms with Crippen LogP contribution in [0.2, 0.25) is 0 Å². The molecule has 0 N–H and O–H groups in total. The predicted octanol–water partition coefficient (Wildman–Crippen LogP) is 3.61. The van der Waals surface area contributed by atoms with Gasteiger partial charge in [0.1, 0.15) is 11.2 Å². The highest BCUT2D eigenvalue weighted by molar-refractivity contribution is 7.18. The topological polar surface area (TPSA) is 3.88 Å². The molecule has 2 heteroatoms. The van der Waals surface area contributed by atoms with Crippen molar-refractivity contribution in [3.8, 4) is 0 Å². The van der Waals surface area contributed by atoms with Gasteiger partial charge in [-0.25, -0.2) is 0 Å². The SMILES string of the molecule is CCCC[n+]1c(C)sc2cc(C)ccc21. The molecule has 2 rings (SSSR count). The second kappa shape index (κ2) is 4.31. The highest BCUT2D eigenvalue weighted by atomic mass is 32.1. The number of aryl methyl sites for hydroxylation is 3. The smallest absolute Gasteiger partial charge is 0.186 e. The first-order valence-corrected chi connectivity index (χ1v) is 6.43. The number of rotatable bonds is 3. The highest BCUT2D eigenvalue weighted by Crippen LogP contribution is 2.21. The first-order valence-electron chi connectivity index (χ1n) is 5.62. The number of fused-ring (bicyclic) bond motifs is 1. The van der Waals surface area contributed by atoms with Crippen LogP contribution >= 0.6 is 11.3 Å². The van der Waals surface area contributed by atoms with E-state index in [-0.39, 0.29) is 0 Å². The third-order valence-corrected chi connectivity index (χ3v) is 3.84. The molecular weight excluding hydrogens is 202 g/mol. The Kier molecular flexibility index (Phi) is 3.06. The molecule has 1 nitrogen and oxygen atoms in total. The maximum absolute atomic E-state index is 2.45. The number of thiazole rings is 1. The summed E-state index contributed by atoms with van der Waals surface area (Å²) in [5.74, 6) is 0.